The molecule has 16 heavy (non-hydrogen) atoms. The summed E-state index contributed by atoms with van der Waals surface area (Å²) in [7, 11) is 0. The summed E-state index contributed by atoms with van der Waals surface area (Å²) < 4.78 is 5.29. The van der Waals surface area contributed by atoms with Gasteiger partial charge in [0.2, 0.25) is 0 Å². The van der Waals surface area contributed by atoms with Crippen LogP contribution in [0.4, 0.5) is 0 Å². The van der Waals surface area contributed by atoms with Crippen molar-refractivity contribution in [2.24, 2.45) is 0 Å². The van der Waals surface area contributed by atoms with Crippen molar-refractivity contribution in [2.75, 3.05) is 26.3 Å². The van der Waals surface area contributed by atoms with E-state index in [-0.39, 0.29) is 0 Å². The first-order valence-corrected chi connectivity index (χ1v) is 6.78. The maximum absolute atomic E-state index is 5.29. The fraction of sp³-hybridized carbons (Fsp3) is 0.818. The predicted octanol–water partition coefficient (Wildman–Crippen LogP) is 1.66. The molecule has 0 saturated carbocycles. The topological polar surface area (TPSA) is 47.0 Å². The third kappa shape index (κ3) is 5.53. The zero-order valence-corrected chi connectivity index (χ0v) is 11.0. The monoisotopic (exact) mass is 243 g/mol. The molecule has 0 radical (unpaired) electrons. The van der Waals surface area contributed by atoms with Crippen molar-refractivity contribution in [3.63, 3.8) is 0 Å². The van der Waals surface area contributed by atoms with Crippen LogP contribution in [0.25, 0.3) is 0 Å². The Labute approximate surface area is 101 Å². The highest BCUT2D eigenvalue weighted by molar-refractivity contribution is 7.11. The Morgan fingerprint density at radius 2 is 1.94 bits per heavy atom. The molecule has 92 valence electrons. The van der Waals surface area contributed by atoms with Gasteiger partial charge in [-0.1, -0.05) is 6.92 Å². The third-order valence-corrected chi connectivity index (χ3v) is 3.21. The SMILES string of the molecule is CCNCCCc1nnc(CCOCC)s1. The van der Waals surface area contributed by atoms with Crippen LogP contribution in [-0.4, -0.2) is 36.5 Å². The lowest BCUT2D eigenvalue weighted by atomic mass is 10.3. The van der Waals surface area contributed by atoms with Gasteiger partial charge in [0.1, 0.15) is 10.0 Å². The molecule has 0 atom stereocenters. The molecule has 0 aliphatic rings. The van der Waals surface area contributed by atoms with Crippen molar-refractivity contribution in [2.45, 2.75) is 33.1 Å². The number of rotatable bonds is 9. The summed E-state index contributed by atoms with van der Waals surface area (Å²) in [6.45, 7) is 7.75. The Bertz CT molecular complexity index is 278. The van der Waals surface area contributed by atoms with E-state index >= 15 is 0 Å². The van der Waals surface area contributed by atoms with Crippen LogP contribution in [0.15, 0.2) is 0 Å². The van der Waals surface area contributed by atoms with E-state index in [1.165, 1.54) is 0 Å². The second kappa shape index (κ2) is 8.61. The maximum Gasteiger partial charge on any atom is 0.119 e. The van der Waals surface area contributed by atoms with Crippen molar-refractivity contribution in [1.29, 1.82) is 0 Å². The van der Waals surface area contributed by atoms with Gasteiger partial charge in [0.05, 0.1) is 6.61 Å². The number of hydrogen-bond acceptors (Lipinski definition) is 5. The summed E-state index contributed by atoms with van der Waals surface area (Å²) >= 11 is 1.71. The molecule has 1 rings (SSSR count). The minimum atomic E-state index is 0.753. The van der Waals surface area contributed by atoms with Gasteiger partial charge in [0, 0.05) is 19.4 Å². The molecular weight excluding hydrogens is 222 g/mol. The quantitative estimate of drug-likeness (QED) is 0.670. The molecule has 1 aromatic heterocycles. The molecular formula is C11H21N3OS. The van der Waals surface area contributed by atoms with Gasteiger partial charge in [0.15, 0.2) is 0 Å². The van der Waals surface area contributed by atoms with E-state index in [4.69, 9.17) is 4.74 Å². The van der Waals surface area contributed by atoms with Crippen LogP contribution in [0.1, 0.15) is 30.3 Å². The first kappa shape index (κ1) is 13.5. The Morgan fingerprint density at radius 3 is 2.62 bits per heavy atom. The zero-order chi connectivity index (χ0) is 11.6. The molecule has 0 aromatic carbocycles. The van der Waals surface area contributed by atoms with Crippen molar-refractivity contribution in [3.05, 3.63) is 10.0 Å². The van der Waals surface area contributed by atoms with Gasteiger partial charge >= 0.3 is 0 Å². The highest BCUT2D eigenvalue weighted by Gasteiger charge is 2.03. The smallest absolute Gasteiger partial charge is 0.119 e. The van der Waals surface area contributed by atoms with Crippen LogP contribution in [0.2, 0.25) is 0 Å². The van der Waals surface area contributed by atoms with Crippen molar-refractivity contribution < 1.29 is 4.74 Å². The maximum atomic E-state index is 5.29. The summed E-state index contributed by atoms with van der Waals surface area (Å²) in [4.78, 5) is 0. The van der Waals surface area contributed by atoms with Gasteiger partial charge in [-0.05, 0) is 26.4 Å². The highest BCUT2D eigenvalue weighted by atomic mass is 32.1. The van der Waals surface area contributed by atoms with Crippen LogP contribution in [0.5, 0.6) is 0 Å². The molecule has 0 spiro atoms. The van der Waals surface area contributed by atoms with Crippen LogP contribution >= 0.6 is 11.3 Å². The van der Waals surface area contributed by atoms with E-state index in [1.807, 2.05) is 6.92 Å². The van der Waals surface area contributed by atoms with Gasteiger partial charge < -0.3 is 10.1 Å². The molecule has 0 unspecified atom stereocenters. The standard InChI is InChI=1S/C11H21N3OS/c1-3-12-8-5-6-10-13-14-11(16-10)7-9-15-4-2/h12H,3-9H2,1-2H3. The number of nitrogens with zero attached hydrogens (tertiary/aromatic N) is 2. The van der Waals surface area contributed by atoms with Crippen molar-refractivity contribution >= 4 is 11.3 Å². The Hall–Kier alpha value is -0.520. The van der Waals surface area contributed by atoms with Crippen LogP contribution in [-0.2, 0) is 17.6 Å². The van der Waals surface area contributed by atoms with E-state index in [0.717, 1.165) is 55.6 Å². The number of nitrogens with one attached hydrogen (secondary N) is 1. The predicted molar refractivity (Wildman–Crippen MR) is 67.0 cm³/mol. The molecule has 0 saturated heterocycles. The summed E-state index contributed by atoms with van der Waals surface area (Å²) in [6, 6.07) is 0. The molecule has 5 heteroatoms. The average molecular weight is 243 g/mol. The van der Waals surface area contributed by atoms with E-state index in [2.05, 4.69) is 22.4 Å². The first-order valence-electron chi connectivity index (χ1n) is 5.96. The Balaban J connectivity index is 2.17. The third-order valence-electron chi connectivity index (χ3n) is 2.17. The van der Waals surface area contributed by atoms with Crippen LogP contribution in [0.3, 0.4) is 0 Å². The number of aryl methyl sites for hydroxylation is 1. The Kier molecular flexibility index (Phi) is 7.29. The lowest BCUT2D eigenvalue weighted by Crippen LogP contribution is -2.14. The van der Waals surface area contributed by atoms with Gasteiger partial charge in [-0.25, -0.2) is 0 Å². The molecule has 0 amide bonds. The molecule has 1 N–H and O–H groups in total. The number of hydrogen-bond donors (Lipinski definition) is 1. The van der Waals surface area contributed by atoms with Gasteiger partial charge in [-0.15, -0.1) is 21.5 Å². The van der Waals surface area contributed by atoms with Crippen molar-refractivity contribution in [3.8, 4) is 0 Å². The summed E-state index contributed by atoms with van der Waals surface area (Å²) in [5.74, 6) is 0. The van der Waals surface area contributed by atoms with E-state index in [0.29, 0.717) is 0 Å². The van der Waals surface area contributed by atoms with Crippen LogP contribution in [0, 0.1) is 0 Å². The molecule has 0 bridgehead atoms. The van der Waals surface area contributed by atoms with Gasteiger partial charge in [0.25, 0.3) is 0 Å². The summed E-state index contributed by atoms with van der Waals surface area (Å²) in [6.07, 6.45) is 3.05. The normalized spacial score (nSPS) is 10.9. The largest absolute Gasteiger partial charge is 0.381 e. The van der Waals surface area contributed by atoms with Gasteiger partial charge in [-0.2, -0.15) is 0 Å². The molecule has 0 aliphatic heterocycles. The number of ether oxygens (including phenoxy) is 1. The van der Waals surface area contributed by atoms with Gasteiger partial charge in [-0.3, -0.25) is 0 Å². The van der Waals surface area contributed by atoms with Crippen LogP contribution < -0.4 is 5.32 Å². The van der Waals surface area contributed by atoms with E-state index in [1.54, 1.807) is 11.3 Å². The minimum Gasteiger partial charge on any atom is -0.381 e. The number of aromatic nitrogens is 2. The Morgan fingerprint density at radius 1 is 1.19 bits per heavy atom. The van der Waals surface area contributed by atoms with E-state index < -0.39 is 0 Å². The molecule has 4 nitrogen and oxygen atoms in total. The van der Waals surface area contributed by atoms with E-state index in [9.17, 15) is 0 Å². The fourth-order valence-electron chi connectivity index (χ4n) is 1.34. The lowest BCUT2D eigenvalue weighted by Gasteiger charge is -1.98. The zero-order valence-electron chi connectivity index (χ0n) is 10.2. The lowest BCUT2D eigenvalue weighted by molar-refractivity contribution is 0.150. The second-order valence-electron chi connectivity index (χ2n) is 3.49. The second-order valence-corrected chi connectivity index (χ2v) is 4.64. The molecule has 1 heterocycles. The molecule has 0 fully saturated rings. The molecule has 1 aromatic rings. The van der Waals surface area contributed by atoms with Crippen molar-refractivity contribution in [1.82, 2.24) is 15.5 Å². The highest BCUT2D eigenvalue weighted by Crippen LogP contribution is 2.12. The summed E-state index contributed by atoms with van der Waals surface area (Å²) in [5.41, 5.74) is 0. The summed E-state index contributed by atoms with van der Waals surface area (Å²) in [5, 5.41) is 13.9. The molecule has 0 aliphatic carbocycles. The fourth-order valence-corrected chi connectivity index (χ4v) is 2.20. The first-order chi connectivity index (χ1) is 7.86. The average Bonchev–Trinajstić information content (AvgIpc) is 2.73. The minimum absolute atomic E-state index is 0.753.